The summed E-state index contributed by atoms with van der Waals surface area (Å²) in [5.41, 5.74) is 1.18. The van der Waals surface area contributed by atoms with E-state index in [0.717, 1.165) is 29.9 Å². The van der Waals surface area contributed by atoms with Gasteiger partial charge in [0.25, 0.3) is 0 Å². The number of benzene rings is 1. The molecule has 2 heterocycles. The molecule has 0 atom stereocenters. The minimum absolute atomic E-state index is 0.111. The van der Waals surface area contributed by atoms with E-state index in [2.05, 4.69) is 4.99 Å². The van der Waals surface area contributed by atoms with Crippen LogP contribution in [0.3, 0.4) is 0 Å². The highest BCUT2D eigenvalue weighted by Crippen LogP contribution is 2.31. The number of hydrogen-bond acceptors (Lipinski definition) is 4. The van der Waals surface area contributed by atoms with Crippen LogP contribution in [0.5, 0.6) is 5.75 Å². The van der Waals surface area contributed by atoms with Crippen molar-refractivity contribution >= 4 is 11.5 Å². The highest BCUT2D eigenvalue weighted by molar-refractivity contribution is 6.13. The van der Waals surface area contributed by atoms with E-state index in [-0.39, 0.29) is 11.7 Å². The van der Waals surface area contributed by atoms with E-state index in [4.69, 9.17) is 9.47 Å². The Bertz CT molecular complexity index is 571. The van der Waals surface area contributed by atoms with Crippen molar-refractivity contribution in [1.82, 2.24) is 0 Å². The molecule has 0 aliphatic carbocycles. The Morgan fingerprint density at radius 1 is 1.29 bits per heavy atom. The molecular weight excluding hydrogens is 266 g/mol. The molecule has 0 amide bonds. The van der Waals surface area contributed by atoms with Crippen LogP contribution in [0.1, 0.15) is 38.7 Å². The first-order valence-corrected chi connectivity index (χ1v) is 7.53. The molecule has 1 fully saturated rings. The summed E-state index contributed by atoms with van der Waals surface area (Å²) in [5.74, 6) is 1.19. The number of nitrogens with zero attached hydrogens (tertiary/aromatic N) is 1. The summed E-state index contributed by atoms with van der Waals surface area (Å²) in [7, 11) is 0. The third kappa shape index (κ3) is 3.16. The molecule has 3 rings (SSSR count). The Morgan fingerprint density at radius 3 is 2.76 bits per heavy atom. The lowest BCUT2D eigenvalue weighted by Gasteiger charge is -2.30. The third-order valence-corrected chi connectivity index (χ3v) is 3.98. The summed E-state index contributed by atoms with van der Waals surface area (Å²) in [4.78, 5) is 17.1. The van der Waals surface area contributed by atoms with E-state index in [9.17, 15) is 4.79 Å². The predicted octanol–water partition coefficient (Wildman–Crippen LogP) is 2.99. The molecule has 1 aromatic carbocycles. The summed E-state index contributed by atoms with van der Waals surface area (Å²) in [6, 6.07) is 7.80. The van der Waals surface area contributed by atoms with Gasteiger partial charge in [-0.3, -0.25) is 4.79 Å². The van der Waals surface area contributed by atoms with Gasteiger partial charge in [-0.25, -0.2) is 4.99 Å². The number of fused-ring (bicyclic) bond motifs is 1. The van der Waals surface area contributed by atoms with Crippen LogP contribution in [-0.2, 0) is 9.53 Å². The molecule has 0 unspecified atom stereocenters. The molecule has 21 heavy (non-hydrogen) atoms. The van der Waals surface area contributed by atoms with Crippen LogP contribution in [0.2, 0.25) is 0 Å². The van der Waals surface area contributed by atoms with Crippen LogP contribution < -0.4 is 4.74 Å². The highest BCUT2D eigenvalue weighted by Gasteiger charge is 2.30. The lowest BCUT2D eigenvalue weighted by Crippen LogP contribution is -2.34. The molecule has 0 bridgehead atoms. The largest absolute Gasteiger partial charge is 0.466 e. The van der Waals surface area contributed by atoms with Crippen molar-refractivity contribution in [2.75, 3.05) is 13.2 Å². The van der Waals surface area contributed by atoms with Crippen LogP contribution in [-0.4, -0.2) is 30.4 Å². The standard InChI is InChI=1S/C17H21NO3/c1-17(2)18-14(13-5-3-4-6-16(13)21-17)11-15(19)12-7-9-20-10-8-12/h3-6,12H,7-11H2,1-2H3. The third-order valence-electron chi connectivity index (χ3n) is 3.98. The van der Waals surface area contributed by atoms with E-state index in [1.54, 1.807) is 0 Å². The zero-order valence-electron chi connectivity index (χ0n) is 12.6. The topological polar surface area (TPSA) is 47.9 Å². The lowest BCUT2D eigenvalue weighted by atomic mass is 9.90. The summed E-state index contributed by atoms with van der Waals surface area (Å²) < 4.78 is 11.2. The summed E-state index contributed by atoms with van der Waals surface area (Å²) in [5, 5.41) is 0. The maximum absolute atomic E-state index is 12.5. The van der Waals surface area contributed by atoms with Gasteiger partial charge >= 0.3 is 0 Å². The number of aliphatic imine (C=N–C) groups is 1. The smallest absolute Gasteiger partial charge is 0.194 e. The van der Waals surface area contributed by atoms with Crippen LogP contribution >= 0.6 is 0 Å². The maximum atomic E-state index is 12.5. The molecule has 1 saturated heterocycles. The fourth-order valence-corrected chi connectivity index (χ4v) is 2.93. The number of ketones is 1. The van der Waals surface area contributed by atoms with Crippen molar-refractivity contribution < 1.29 is 14.3 Å². The van der Waals surface area contributed by atoms with Crippen molar-refractivity contribution in [2.45, 2.75) is 38.8 Å². The lowest BCUT2D eigenvalue weighted by molar-refractivity contribution is -0.124. The quantitative estimate of drug-likeness (QED) is 0.858. The zero-order chi connectivity index (χ0) is 14.9. The fraction of sp³-hybridized carbons (Fsp3) is 0.529. The molecule has 4 nitrogen and oxygen atoms in total. The van der Waals surface area contributed by atoms with Crippen molar-refractivity contribution in [3.63, 3.8) is 0 Å². The fourth-order valence-electron chi connectivity index (χ4n) is 2.93. The molecule has 2 aliphatic rings. The number of ether oxygens (including phenoxy) is 2. The van der Waals surface area contributed by atoms with Gasteiger partial charge in [0.05, 0.1) is 5.71 Å². The van der Waals surface area contributed by atoms with Crippen molar-refractivity contribution in [3.8, 4) is 5.75 Å². The molecule has 0 radical (unpaired) electrons. The van der Waals surface area contributed by atoms with Crippen LogP contribution in [0.15, 0.2) is 29.3 Å². The monoisotopic (exact) mass is 287 g/mol. The number of rotatable bonds is 3. The van der Waals surface area contributed by atoms with Gasteiger partial charge in [-0.15, -0.1) is 0 Å². The number of carbonyl (C=O) groups is 1. The van der Waals surface area contributed by atoms with Crippen molar-refractivity contribution in [1.29, 1.82) is 0 Å². The number of para-hydroxylation sites is 1. The first kappa shape index (κ1) is 14.3. The van der Waals surface area contributed by atoms with Gasteiger partial charge in [-0.2, -0.15) is 0 Å². The first-order valence-electron chi connectivity index (χ1n) is 7.53. The van der Waals surface area contributed by atoms with Gasteiger partial charge < -0.3 is 9.47 Å². The average Bonchev–Trinajstić information content (AvgIpc) is 2.47. The summed E-state index contributed by atoms with van der Waals surface area (Å²) >= 11 is 0. The van der Waals surface area contributed by atoms with E-state index < -0.39 is 5.72 Å². The second-order valence-corrected chi connectivity index (χ2v) is 6.13. The highest BCUT2D eigenvalue weighted by atomic mass is 16.5. The van der Waals surface area contributed by atoms with Crippen LogP contribution in [0.25, 0.3) is 0 Å². The van der Waals surface area contributed by atoms with Gasteiger partial charge in [-0.05, 0) is 38.8 Å². The molecular formula is C17H21NO3. The second-order valence-electron chi connectivity index (χ2n) is 6.13. The van der Waals surface area contributed by atoms with Gasteiger partial charge in [0, 0.05) is 31.1 Å². The molecule has 0 saturated carbocycles. The molecule has 1 aromatic rings. The Labute approximate surface area is 125 Å². The van der Waals surface area contributed by atoms with Crippen LogP contribution in [0, 0.1) is 5.92 Å². The summed E-state index contributed by atoms with van der Waals surface area (Å²) in [6.07, 6.45) is 2.04. The summed E-state index contributed by atoms with van der Waals surface area (Å²) in [6.45, 7) is 5.21. The maximum Gasteiger partial charge on any atom is 0.194 e. The van der Waals surface area contributed by atoms with Gasteiger partial charge in [0.2, 0.25) is 0 Å². The molecule has 2 aliphatic heterocycles. The Morgan fingerprint density at radius 2 is 2.00 bits per heavy atom. The Hall–Kier alpha value is -1.68. The Balaban J connectivity index is 1.82. The molecule has 0 aromatic heterocycles. The van der Waals surface area contributed by atoms with Crippen molar-refractivity contribution in [2.24, 2.45) is 10.9 Å². The first-order chi connectivity index (χ1) is 10.1. The van der Waals surface area contributed by atoms with E-state index in [0.29, 0.717) is 19.6 Å². The number of hydrogen-bond donors (Lipinski definition) is 0. The predicted molar refractivity (Wildman–Crippen MR) is 80.9 cm³/mol. The van der Waals surface area contributed by atoms with E-state index in [1.165, 1.54) is 0 Å². The normalized spacial score (nSPS) is 21.1. The van der Waals surface area contributed by atoms with Crippen molar-refractivity contribution in [3.05, 3.63) is 29.8 Å². The van der Waals surface area contributed by atoms with Crippen LogP contribution in [0.4, 0.5) is 0 Å². The molecule has 0 spiro atoms. The zero-order valence-corrected chi connectivity index (χ0v) is 12.6. The minimum atomic E-state index is -0.611. The number of carbonyl (C=O) groups excluding carboxylic acids is 1. The molecule has 4 heteroatoms. The van der Waals surface area contributed by atoms with E-state index in [1.807, 2.05) is 38.1 Å². The molecule has 0 N–H and O–H groups in total. The molecule has 112 valence electrons. The van der Waals surface area contributed by atoms with Gasteiger partial charge in [0.15, 0.2) is 5.72 Å². The van der Waals surface area contributed by atoms with E-state index >= 15 is 0 Å². The van der Waals surface area contributed by atoms with Gasteiger partial charge in [-0.1, -0.05) is 12.1 Å². The minimum Gasteiger partial charge on any atom is -0.466 e. The van der Waals surface area contributed by atoms with Gasteiger partial charge in [0.1, 0.15) is 11.5 Å². The Kier molecular flexibility index (Phi) is 3.81. The average molecular weight is 287 g/mol. The number of Topliss-reactive ketones (excluding diaryl/α,β-unsaturated/α-hetero) is 1. The second kappa shape index (κ2) is 5.60. The SMILES string of the molecule is CC1(C)N=C(CC(=O)C2CCOCC2)c2ccccc2O1.